The van der Waals surface area contributed by atoms with Gasteiger partial charge in [0.1, 0.15) is 0 Å². The molecule has 0 rings (SSSR count). The Morgan fingerprint density at radius 3 is 0.905 bits per heavy atom. The van der Waals surface area contributed by atoms with Crippen LogP contribution in [0.4, 0.5) is 0 Å². The molecule has 0 heterocycles. The van der Waals surface area contributed by atoms with Gasteiger partial charge in [-0.05, 0) is 77.3 Å². The lowest BCUT2D eigenvalue weighted by Gasteiger charge is -1.90. The molecule has 0 aromatic rings. The smallest absolute Gasteiger partial charge is 0.330 e. The Labute approximate surface area is 153 Å². The average molecular weight is 439 g/mol. The zero-order valence-electron chi connectivity index (χ0n) is 15.6. The number of carboxylic acids is 1. The zero-order valence-corrected chi connectivity index (χ0v) is 19.0. The molecule has 1 N–H and O–H groups in total. The Morgan fingerprint density at radius 1 is 0.762 bits per heavy atom. The Balaban J connectivity index is -0.0000000359. The van der Waals surface area contributed by atoms with Crippen LogP contribution in [0.1, 0.15) is 13.8 Å². The van der Waals surface area contributed by atoms with Gasteiger partial charge in [0.2, 0.25) is 0 Å². The number of aliphatic carboxylic acids is 1. The molecule has 0 radical (unpaired) electrons. The van der Waals surface area contributed by atoms with Crippen molar-refractivity contribution in [2.24, 2.45) is 0 Å². The van der Waals surface area contributed by atoms with Gasteiger partial charge in [0, 0.05) is 5.57 Å². The monoisotopic (exact) mass is 437 g/mol. The molecule has 0 bridgehead atoms. The van der Waals surface area contributed by atoms with E-state index in [0.717, 1.165) is 0 Å². The van der Waals surface area contributed by atoms with E-state index >= 15 is 0 Å². The van der Waals surface area contributed by atoms with Gasteiger partial charge in [-0.15, -0.1) is 34.0 Å². The highest BCUT2D eigenvalue weighted by Crippen LogP contribution is 1.87. The van der Waals surface area contributed by atoms with Crippen LogP contribution < -0.4 is 0 Å². The van der Waals surface area contributed by atoms with Crippen LogP contribution in [-0.2, 0) is 4.79 Å². The summed E-state index contributed by atoms with van der Waals surface area (Å²) in [7, 11) is 18.0. The van der Waals surface area contributed by atoms with Crippen LogP contribution in [0.3, 0.4) is 0 Å². The number of hydrogen-bond donors (Lipinski definition) is 1. The maximum Gasteiger partial charge on any atom is 0.330 e. The number of allylic oxidation sites excluding steroid dienone is 1. The first kappa shape index (κ1) is 37.4. The normalized spacial score (nSPS) is 8.95. The van der Waals surface area contributed by atoms with E-state index in [9.17, 15) is 4.79 Å². The van der Waals surface area contributed by atoms with Gasteiger partial charge in [-0.1, -0.05) is 6.08 Å². The topological polar surface area (TPSA) is 47.0 Å². The van der Waals surface area contributed by atoms with E-state index < -0.39 is 5.97 Å². The van der Waals surface area contributed by atoms with Crippen LogP contribution in [0.5, 0.6) is 0 Å². The molecular weight excluding hydrogens is 402 g/mol. The molecule has 7 heteroatoms. The zero-order chi connectivity index (χ0) is 16.6. The van der Waals surface area contributed by atoms with Crippen molar-refractivity contribution in [3.63, 3.8) is 0 Å². The number of hydrogen-bond acceptors (Lipinski definition) is 4. The highest BCUT2D eigenvalue weighted by Gasteiger charge is 1.93. The molecule has 0 amide bonds. The van der Waals surface area contributed by atoms with Crippen molar-refractivity contribution in [2.45, 2.75) is 13.8 Å². The summed E-state index contributed by atoms with van der Waals surface area (Å²) in [5.74, 6) is -0.845. The van der Waals surface area contributed by atoms with Crippen LogP contribution in [0.2, 0.25) is 0 Å². The molecule has 134 valence electrons. The van der Waals surface area contributed by atoms with Gasteiger partial charge in [-0.2, -0.15) is 0 Å². The summed E-state index contributed by atoms with van der Waals surface area (Å²) in [6.45, 7) is 3.26. The minimum atomic E-state index is -0.845. The molecule has 0 fully saturated rings. The fourth-order valence-corrected chi connectivity index (χ4v) is 0.123. The number of nitrogens with zero attached hydrogens (tertiary/aromatic N) is 3. The van der Waals surface area contributed by atoms with Crippen molar-refractivity contribution in [3.05, 3.63) is 11.6 Å². The first-order valence-electron chi connectivity index (χ1n) is 6.07. The lowest BCUT2D eigenvalue weighted by atomic mass is 10.3. The fourth-order valence-electron chi connectivity index (χ4n) is 0.123. The van der Waals surface area contributed by atoms with Crippen LogP contribution in [0, 0.1) is 0 Å². The standard InChI is InChI=1S/C5H8O2.3C3H9N.2BrH/c1-3-4(2)5(6)7;3*1-4(2)3;;/h3H,1-2H3,(H,6,7);3*1-3H3;2*1H. The molecule has 0 saturated heterocycles. The van der Waals surface area contributed by atoms with Crippen molar-refractivity contribution in [2.75, 3.05) is 63.4 Å². The van der Waals surface area contributed by atoms with E-state index in [4.69, 9.17) is 5.11 Å². The fraction of sp³-hybridized carbons (Fsp3) is 0.786. The van der Waals surface area contributed by atoms with E-state index in [0.29, 0.717) is 5.57 Å². The second kappa shape index (κ2) is 28.2. The molecule has 0 spiro atoms. The van der Waals surface area contributed by atoms with Crippen LogP contribution >= 0.6 is 34.0 Å². The summed E-state index contributed by atoms with van der Waals surface area (Å²) < 4.78 is 0. The van der Waals surface area contributed by atoms with E-state index in [1.165, 1.54) is 0 Å². The predicted molar refractivity (Wildman–Crippen MR) is 107 cm³/mol. The molecule has 0 aromatic heterocycles. The van der Waals surface area contributed by atoms with E-state index in [2.05, 4.69) is 0 Å². The third kappa shape index (κ3) is 178. The van der Waals surface area contributed by atoms with Gasteiger partial charge in [-0.25, -0.2) is 4.79 Å². The minimum absolute atomic E-state index is 0. The van der Waals surface area contributed by atoms with Gasteiger partial charge >= 0.3 is 5.97 Å². The number of carbonyl (C=O) groups is 1. The molecule has 0 unspecified atom stereocenters. The number of carboxylic acid groups (broad SMARTS) is 1. The van der Waals surface area contributed by atoms with Gasteiger partial charge in [-0.3, -0.25) is 0 Å². The first-order valence-corrected chi connectivity index (χ1v) is 6.07. The van der Waals surface area contributed by atoms with E-state index in [1.807, 2.05) is 78.1 Å². The molecule has 0 atom stereocenters. The summed E-state index contributed by atoms with van der Waals surface area (Å²) in [6, 6.07) is 0. The third-order valence-corrected chi connectivity index (χ3v) is 0.770. The summed E-state index contributed by atoms with van der Waals surface area (Å²) in [4.78, 5) is 15.9. The second-order valence-electron chi connectivity index (χ2n) is 5.30. The predicted octanol–water partition coefficient (Wildman–Crippen LogP) is 2.73. The lowest BCUT2D eigenvalue weighted by Crippen LogP contribution is -1.99. The van der Waals surface area contributed by atoms with Crippen molar-refractivity contribution in [1.29, 1.82) is 0 Å². The van der Waals surface area contributed by atoms with Crippen molar-refractivity contribution in [3.8, 4) is 0 Å². The molecule has 5 nitrogen and oxygen atoms in total. The average Bonchev–Trinajstić information content (AvgIpc) is 2.13. The van der Waals surface area contributed by atoms with Gasteiger partial charge in [0.25, 0.3) is 0 Å². The third-order valence-electron chi connectivity index (χ3n) is 0.770. The van der Waals surface area contributed by atoms with Gasteiger partial charge in [0.15, 0.2) is 0 Å². The van der Waals surface area contributed by atoms with Crippen LogP contribution in [-0.4, -0.2) is 89.2 Å². The summed E-state index contributed by atoms with van der Waals surface area (Å²) in [5.41, 5.74) is 0.389. The number of rotatable bonds is 1. The summed E-state index contributed by atoms with van der Waals surface area (Å²) in [5, 5.41) is 8.11. The molecule has 0 aliphatic carbocycles. The summed E-state index contributed by atoms with van der Waals surface area (Å²) in [6.07, 6.45) is 1.56. The maximum absolute atomic E-state index is 9.86. The lowest BCUT2D eigenvalue weighted by molar-refractivity contribution is -0.132. The minimum Gasteiger partial charge on any atom is -0.478 e. The molecule has 0 aromatic carbocycles. The SMILES string of the molecule is Br.Br.CC=C(C)C(=O)O.CN(C)C.CN(C)C.CN(C)C. The Hall–Kier alpha value is 0.0500. The van der Waals surface area contributed by atoms with Gasteiger partial charge < -0.3 is 19.8 Å². The quantitative estimate of drug-likeness (QED) is 0.637. The Bertz CT molecular complexity index is 200. The highest BCUT2D eigenvalue weighted by atomic mass is 79.9. The van der Waals surface area contributed by atoms with Crippen molar-refractivity contribution >= 4 is 39.9 Å². The molecule has 0 aliphatic rings. The Morgan fingerprint density at radius 2 is 0.905 bits per heavy atom. The van der Waals surface area contributed by atoms with Crippen LogP contribution in [0.15, 0.2) is 11.6 Å². The number of halogens is 2. The second-order valence-corrected chi connectivity index (χ2v) is 5.30. The van der Waals surface area contributed by atoms with Crippen molar-refractivity contribution in [1.82, 2.24) is 14.7 Å². The molecule has 21 heavy (non-hydrogen) atoms. The molecule has 0 aliphatic heterocycles. The largest absolute Gasteiger partial charge is 0.478 e. The molecular formula is C14H37Br2N3O2. The summed E-state index contributed by atoms with van der Waals surface area (Å²) >= 11 is 0. The highest BCUT2D eigenvalue weighted by molar-refractivity contribution is 8.93. The Kier molecular flexibility index (Phi) is 50.3. The van der Waals surface area contributed by atoms with E-state index in [1.54, 1.807) is 19.9 Å². The van der Waals surface area contributed by atoms with E-state index in [-0.39, 0.29) is 34.0 Å². The first-order chi connectivity index (χ1) is 8.38. The van der Waals surface area contributed by atoms with Gasteiger partial charge in [0.05, 0.1) is 0 Å². The molecule has 0 saturated carbocycles. The maximum atomic E-state index is 9.86. The van der Waals surface area contributed by atoms with Crippen molar-refractivity contribution < 1.29 is 9.90 Å². The van der Waals surface area contributed by atoms with Crippen LogP contribution in [0.25, 0.3) is 0 Å².